The van der Waals surface area contributed by atoms with Crippen LogP contribution in [-0.2, 0) is 26.2 Å². The lowest BCUT2D eigenvalue weighted by atomic mass is 9.87. The molecule has 29 heavy (non-hydrogen) atoms. The molecule has 0 aliphatic heterocycles. The summed E-state index contributed by atoms with van der Waals surface area (Å²) in [5.74, 6) is 0.797. The average Bonchev–Trinajstić information content (AvgIpc) is 2.76. The molecule has 0 aliphatic rings. The molecule has 2 aromatic rings. The van der Waals surface area contributed by atoms with E-state index in [1.807, 2.05) is 36.4 Å². The van der Waals surface area contributed by atoms with Gasteiger partial charge in [0.1, 0.15) is 12.4 Å². The van der Waals surface area contributed by atoms with Crippen molar-refractivity contribution in [3.05, 3.63) is 64.7 Å². The third-order valence-electron chi connectivity index (χ3n) is 5.70. The van der Waals surface area contributed by atoms with Crippen LogP contribution in [0.2, 0.25) is 0 Å². The molecule has 4 heteroatoms. The number of unbranched alkanes of at least 4 members (excludes halogenated alkanes) is 2. The first-order chi connectivity index (χ1) is 14.0. The smallest absolute Gasteiger partial charge is 0.120 e. The van der Waals surface area contributed by atoms with Gasteiger partial charge in [-0.05, 0) is 66.1 Å². The van der Waals surface area contributed by atoms with Crippen molar-refractivity contribution in [3.8, 4) is 5.75 Å². The van der Waals surface area contributed by atoms with Crippen molar-refractivity contribution in [3.63, 3.8) is 0 Å². The molecule has 3 N–H and O–H groups in total. The lowest BCUT2D eigenvalue weighted by Gasteiger charge is -2.27. The van der Waals surface area contributed by atoms with Crippen molar-refractivity contribution < 1.29 is 20.1 Å². The van der Waals surface area contributed by atoms with Crippen molar-refractivity contribution in [2.24, 2.45) is 0 Å². The van der Waals surface area contributed by atoms with Crippen molar-refractivity contribution in [1.82, 2.24) is 0 Å². The van der Waals surface area contributed by atoms with E-state index in [2.05, 4.69) is 19.9 Å². The minimum atomic E-state index is -0.582. The second-order valence-electron chi connectivity index (χ2n) is 7.89. The summed E-state index contributed by atoms with van der Waals surface area (Å²) in [5.41, 5.74) is 3.00. The summed E-state index contributed by atoms with van der Waals surface area (Å²) in [6, 6.07) is 13.6. The maximum absolute atomic E-state index is 10.9. The predicted molar refractivity (Wildman–Crippen MR) is 117 cm³/mol. The number of benzene rings is 2. The van der Waals surface area contributed by atoms with Gasteiger partial charge >= 0.3 is 0 Å². The van der Waals surface area contributed by atoms with E-state index >= 15 is 0 Å². The molecule has 0 aromatic heterocycles. The molecular formula is C25H36O4. The van der Waals surface area contributed by atoms with Crippen LogP contribution in [0.25, 0.3) is 0 Å². The fourth-order valence-corrected chi connectivity index (χ4v) is 3.59. The SMILES string of the molecule is CCCCCC(O)(CC)CCc1cccc(OCc2ccc(CO)c(CO)c2)c1. The molecule has 0 aliphatic carbocycles. The van der Waals surface area contributed by atoms with E-state index in [4.69, 9.17) is 4.74 Å². The minimum absolute atomic E-state index is 0.0817. The fourth-order valence-electron chi connectivity index (χ4n) is 3.59. The Kier molecular flexibility index (Phi) is 9.65. The summed E-state index contributed by atoms with van der Waals surface area (Å²) in [7, 11) is 0. The second-order valence-corrected chi connectivity index (χ2v) is 7.89. The molecule has 160 valence electrons. The Morgan fingerprint density at radius 3 is 2.34 bits per heavy atom. The first-order valence-corrected chi connectivity index (χ1v) is 10.8. The Labute approximate surface area is 175 Å². The summed E-state index contributed by atoms with van der Waals surface area (Å²) < 4.78 is 5.94. The van der Waals surface area contributed by atoms with Gasteiger partial charge in [0.05, 0.1) is 18.8 Å². The molecule has 1 unspecified atom stereocenters. The highest BCUT2D eigenvalue weighted by Gasteiger charge is 2.23. The van der Waals surface area contributed by atoms with Crippen molar-refractivity contribution in [2.45, 2.75) is 84.2 Å². The van der Waals surface area contributed by atoms with Gasteiger partial charge in [0.25, 0.3) is 0 Å². The molecule has 0 radical (unpaired) electrons. The highest BCUT2D eigenvalue weighted by Crippen LogP contribution is 2.26. The van der Waals surface area contributed by atoms with Gasteiger partial charge in [-0.3, -0.25) is 0 Å². The van der Waals surface area contributed by atoms with Gasteiger partial charge < -0.3 is 20.1 Å². The summed E-state index contributed by atoms with van der Waals surface area (Å²) in [6.45, 7) is 4.47. The second kappa shape index (κ2) is 12.0. The van der Waals surface area contributed by atoms with E-state index in [1.54, 1.807) is 0 Å². The quantitative estimate of drug-likeness (QED) is 0.418. The zero-order chi connectivity index (χ0) is 21.1. The molecule has 2 rings (SSSR count). The highest BCUT2D eigenvalue weighted by atomic mass is 16.5. The van der Waals surface area contributed by atoms with Crippen molar-refractivity contribution in [1.29, 1.82) is 0 Å². The predicted octanol–water partition coefficient (Wildman–Crippen LogP) is 4.90. The summed E-state index contributed by atoms with van der Waals surface area (Å²) in [4.78, 5) is 0. The van der Waals surface area contributed by atoms with Gasteiger partial charge in [-0.2, -0.15) is 0 Å². The topological polar surface area (TPSA) is 69.9 Å². The van der Waals surface area contributed by atoms with Crippen LogP contribution in [0.1, 0.15) is 74.6 Å². The summed E-state index contributed by atoms with van der Waals surface area (Å²) >= 11 is 0. The zero-order valence-electron chi connectivity index (χ0n) is 17.9. The molecule has 0 heterocycles. The molecule has 0 fully saturated rings. The van der Waals surface area contributed by atoms with Gasteiger partial charge in [-0.25, -0.2) is 0 Å². The molecule has 1 atom stereocenters. The van der Waals surface area contributed by atoms with Crippen LogP contribution in [0.4, 0.5) is 0 Å². The Morgan fingerprint density at radius 2 is 1.66 bits per heavy atom. The van der Waals surface area contributed by atoms with Gasteiger partial charge in [-0.1, -0.05) is 57.4 Å². The van der Waals surface area contributed by atoms with E-state index in [-0.39, 0.29) is 13.2 Å². The Morgan fingerprint density at radius 1 is 0.862 bits per heavy atom. The maximum atomic E-state index is 10.9. The number of hydrogen-bond donors (Lipinski definition) is 3. The summed E-state index contributed by atoms with van der Waals surface area (Å²) in [5, 5.41) is 29.6. The molecule has 0 saturated carbocycles. The van der Waals surface area contributed by atoms with Crippen LogP contribution in [-0.4, -0.2) is 20.9 Å². The number of hydrogen-bond acceptors (Lipinski definition) is 4. The van der Waals surface area contributed by atoms with E-state index in [0.29, 0.717) is 6.61 Å². The van der Waals surface area contributed by atoms with E-state index < -0.39 is 5.60 Å². The zero-order valence-corrected chi connectivity index (χ0v) is 17.9. The Hall–Kier alpha value is -1.88. The van der Waals surface area contributed by atoms with Crippen LogP contribution >= 0.6 is 0 Å². The largest absolute Gasteiger partial charge is 0.489 e. The maximum Gasteiger partial charge on any atom is 0.120 e. The number of ether oxygens (including phenoxy) is 1. The van der Waals surface area contributed by atoms with Gasteiger partial charge in [0, 0.05) is 0 Å². The molecule has 0 saturated heterocycles. The lowest BCUT2D eigenvalue weighted by molar-refractivity contribution is 0.0168. The average molecular weight is 401 g/mol. The first-order valence-electron chi connectivity index (χ1n) is 10.8. The van der Waals surface area contributed by atoms with E-state index in [9.17, 15) is 15.3 Å². The first kappa shape index (κ1) is 23.4. The standard InChI is InChI=1S/C25H36O4/c1-3-5-6-13-25(28,4-2)14-12-20-8-7-9-24(16-20)29-19-21-10-11-22(17-26)23(15-21)18-27/h7-11,15-16,26-28H,3-6,12-14,17-19H2,1-2H3. The van der Waals surface area contributed by atoms with Crippen LogP contribution < -0.4 is 4.74 Å². The van der Waals surface area contributed by atoms with Gasteiger partial charge in [-0.15, -0.1) is 0 Å². The molecule has 0 bridgehead atoms. The van der Waals surface area contributed by atoms with Crippen LogP contribution in [0, 0.1) is 0 Å². The third-order valence-corrected chi connectivity index (χ3v) is 5.70. The Bertz CT molecular complexity index is 743. The van der Waals surface area contributed by atoms with Crippen LogP contribution in [0.15, 0.2) is 42.5 Å². The number of aliphatic hydroxyl groups is 3. The van der Waals surface area contributed by atoms with Crippen molar-refractivity contribution in [2.75, 3.05) is 0 Å². The highest BCUT2D eigenvalue weighted by molar-refractivity contribution is 5.32. The molecule has 4 nitrogen and oxygen atoms in total. The number of aliphatic hydroxyl groups excluding tert-OH is 2. The molecular weight excluding hydrogens is 364 g/mol. The van der Waals surface area contributed by atoms with Crippen LogP contribution in [0.3, 0.4) is 0 Å². The van der Waals surface area contributed by atoms with Gasteiger partial charge in [0.15, 0.2) is 0 Å². The number of rotatable bonds is 13. The molecule has 2 aromatic carbocycles. The van der Waals surface area contributed by atoms with Crippen molar-refractivity contribution >= 4 is 0 Å². The summed E-state index contributed by atoms with van der Waals surface area (Å²) in [6.07, 6.45) is 6.65. The van der Waals surface area contributed by atoms with Crippen LogP contribution in [0.5, 0.6) is 5.75 Å². The Balaban J connectivity index is 1.93. The fraction of sp³-hybridized carbons (Fsp3) is 0.520. The lowest BCUT2D eigenvalue weighted by Crippen LogP contribution is -2.28. The van der Waals surface area contributed by atoms with E-state index in [0.717, 1.165) is 60.1 Å². The third kappa shape index (κ3) is 7.46. The number of aryl methyl sites for hydroxylation is 1. The van der Waals surface area contributed by atoms with E-state index in [1.165, 1.54) is 12.8 Å². The normalized spacial score (nSPS) is 13.3. The molecule has 0 spiro atoms. The monoisotopic (exact) mass is 400 g/mol. The molecule has 0 amide bonds. The van der Waals surface area contributed by atoms with Gasteiger partial charge in [0.2, 0.25) is 0 Å². The minimum Gasteiger partial charge on any atom is -0.489 e.